The number of benzene rings is 1. The molecule has 0 fully saturated rings. The first kappa shape index (κ1) is 18.7. The molecule has 2 heterocycles. The normalized spacial score (nSPS) is 12.2. The van der Waals surface area contributed by atoms with E-state index in [0.29, 0.717) is 15.2 Å². The van der Waals surface area contributed by atoms with Gasteiger partial charge in [-0.15, -0.1) is 22.7 Å². The molecule has 25 heavy (non-hydrogen) atoms. The molecule has 9 heteroatoms. The number of nitrogens with zero attached hydrogens (tertiary/aromatic N) is 2. The molecule has 130 valence electrons. The van der Waals surface area contributed by atoms with E-state index in [1.165, 1.54) is 23.1 Å². The van der Waals surface area contributed by atoms with Crippen LogP contribution in [0.5, 0.6) is 0 Å². The highest BCUT2D eigenvalue weighted by Crippen LogP contribution is 2.31. The Bertz CT molecular complexity index is 910. The third-order valence-corrected chi connectivity index (χ3v) is 6.88. The van der Waals surface area contributed by atoms with Crippen molar-refractivity contribution < 1.29 is 4.79 Å². The minimum absolute atomic E-state index is 0.104. The summed E-state index contributed by atoms with van der Waals surface area (Å²) in [6, 6.07) is 5.33. The Labute approximate surface area is 167 Å². The SMILES string of the molecule is Cc1csc(S[C@@H](C)C(=O)Nc2nc(-c3ccc(Cl)c(Cl)c3)cs2)n1. The van der Waals surface area contributed by atoms with E-state index in [4.69, 9.17) is 23.2 Å². The van der Waals surface area contributed by atoms with Crippen molar-refractivity contribution in [1.82, 2.24) is 9.97 Å². The van der Waals surface area contributed by atoms with Gasteiger partial charge in [0.1, 0.15) is 0 Å². The fourth-order valence-electron chi connectivity index (χ4n) is 1.92. The van der Waals surface area contributed by atoms with Gasteiger partial charge in [0.2, 0.25) is 5.91 Å². The van der Waals surface area contributed by atoms with Crippen molar-refractivity contribution in [2.45, 2.75) is 23.4 Å². The van der Waals surface area contributed by atoms with Crippen LogP contribution in [0.15, 0.2) is 33.3 Å². The van der Waals surface area contributed by atoms with Gasteiger partial charge in [-0.2, -0.15) is 0 Å². The van der Waals surface area contributed by atoms with Crippen LogP contribution in [0.25, 0.3) is 11.3 Å². The van der Waals surface area contributed by atoms with Crippen LogP contribution in [0.3, 0.4) is 0 Å². The maximum Gasteiger partial charge on any atom is 0.239 e. The molecule has 1 atom stereocenters. The first-order chi connectivity index (χ1) is 11.9. The predicted molar refractivity (Wildman–Crippen MR) is 108 cm³/mol. The summed E-state index contributed by atoms with van der Waals surface area (Å²) in [7, 11) is 0. The average molecular weight is 430 g/mol. The van der Waals surface area contributed by atoms with E-state index in [-0.39, 0.29) is 11.2 Å². The number of carbonyl (C=O) groups excluding carboxylic acids is 1. The van der Waals surface area contributed by atoms with Crippen molar-refractivity contribution in [3.05, 3.63) is 44.7 Å². The maximum absolute atomic E-state index is 12.3. The summed E-state index contributed by atoms with van der Waals surface area (Å²) in [4.78, 5) is 21.2. The van der Waals surface area contributed by atoms with Gasteiger partial charge in [0.15, 0.2) is 9.47 Å². The van der Waals surface area contributed by atoms with E-state index in [0.717, 1.165) is 21.3 Å². The maximum atomic E-state index is 12.3. The minimum Gasteiger partial charge on any atom is -0.301 e. The zero-order chi connectivity index (χ0) is 18.0. The largest absolute Gasteiger partial charge is 0.301 e. The number of hydrogen-bond donors (Lipinski definition) is 1. The third-order valence-electron chi connectivity index (χ3n) is 3.19. The topological polar surface area (TPSA) is 54.9 Å². The lowest BCUT2D eigenvalue weighted by Crippen LogP contribution is -2.22. The molecule has 0 aliphatic carbocycles. The van der Waals surface area contributed by atoms with Crippen molar-refractivity contribution >= 4 is 68.7 Å². The summed E-state index contributed by atoms with van der Waals surface area (Å²) in [5.41, 5.74) is 2.56. The van der Waals surface area contributed by atoms with Gasteiger partial charge in [-0.25, -0.2) is 9.97 Å². The Morgan fingerprint density at radius 3 is 2.68 bits per heavy atom. The van der Waals surface area contributed by atoms with Crippen LogP contribution in [-0.4, -0.2) is 21.1 Å². The zero-order valence-corrected chi connectivity index (χ0v) is 17.2. The molecule has 4 nitrogen and oxygen atoms in total. The Balaban J connectivity index is 1.66. The second-order valence-electron chi connectivity index (χ2n) is 5.17. The molecular formula is C16H13Cl2N3OS3. The molecule has 0 spiro atoms. The van der Waals surface area contributed by atoms with E-state index >= 15 is 0 Å². The number of anilines is 1. The van der Waals surface area contributed by atoms with Gasteiger partial charge in [0.05, 0.1) is 21.0 Å². The van der Waals surface area contributed by atoms with Crippen LogP contribution in [0.4, 0.5) is 5.13 Å². The highest BCUT2D eigenvalue weighted by molar-refractivity contribution is 8.02. The van der Waals surface area contributed by atoms with E-state index in [1.54, 1.807) is 23.5 Å². The molecule has 0 unspecified atom stereocenters. The molecule has 0 aliphatic rings. The monoisotopic (exact) mass is 429 g/mol. The smallest absolute Gasteiger partial charge is 0.239 e. The first-order valence-electron chi connectivity index (χ1n) is 7.23. The Kier molecular flexibility index (Phi) is 6.01. The molecule has 0 saturated carbocycles. The Morgan fingerprint density at radius 2 is 2.00 bits per heavy atom. The molecule has 0 saturated heterocycles. The molecule has 0 bridgehead atoms. The molecule has 3 rings (SSSR count). The fraction of sp³-hybridized carbons (Fsp3) is 0.188. The molecular weight excluding hydrogens is 417 g/mol. The van der Waals surface area contributed by atoms with Crippen molar-refractivity contribution in [3.8, 4) is 11.3 Å². The van der Waals surface area contributed by atoms with Crippen LogP contribution in [0.2, 0.25) is 10.0 Å². The number of hydrogen-bond acceptors (Lipinski definition) is 6. The molecule has 0 aliphatic heterocycles. The average Bonchev–Trinajstić information content (AvgIpc) is 3.19. The summed E-state index contributed by atoms with van der Waals surface area (Å²) >= 11 is 16.3. The molecule has 2 aromatic heterocycles. The summed E-state index contributed by atoms with van der Waals surface area (Å²) in [6.07, 6.45) is 0. The Morgan fingerprint density at radius 1 is 1.20 bits per heavy atom. The van der Waals surface area contributed by atoms with Crippen molar-refractivity contribution in [1.29, 1.82) is 0 Å². The lowest BCUT2D eigenvalue weighted by Gasteiger charge is -2.08. The fourth-order valence-corrected chi connectivity index (χ4v) is 4.92. The van der Waals surface area contributed by atoms with Crippen LogP contribution >= 0.6 is 57.6 Å². The Hall–Kier alpha value is -1.12. The summed E-state index contributed by atoms with van der Waals surface area (Å²) in [5.74, 6) is -0.104. The lowest BCUT2D eigenvalue weighted by atomic mass is 10.2. The molecule has 1 aromatic carbocycles. The molecule has 0 radical (unpaired) electrons. The predicted octanol–water partition coefficient (Wildman–Crippen LogP) is 6.00. The van der Waals surface area contributed by atoms with Gasteiger partial charge in [-0.1, -0.05) is 41.0 Å². The van der Waals surface area contributed by atoms with Gasteiger partial charge in [0, 0.05) is 22.0 Å². The number of thioether (sulfide) groups is 1. The second-order valence-corrected chi connectivity index (χ2v) is 9.29. The van der Waals surface area contributed by atoms with Crippen molar-refractivity contribution in [3.63, 3.8) is 0 Å². The van der Waals surface area contributed by atoms with Crippen molar-refractivity contribution in [2.75, 3.05) is 5.32 Å². The highest BCUT2D eigenvalue weighted by atomic mass is 35.5. The number of amides is 1. The van der Waals surface area contributed by atoms with Crippen LogP contribution in [0, 0.1) is 6.92 Å². The molecule has 1 amide bonds. The van der Waals surface area contributed by atoms with E-state index < -0.39 is 0 Å². The van der Waals surface area contributed by atoms with E-state index in [9.17, 15) is 4.79 Å². The highest BCUT2D eigenvalue weighted by Gasteiger charge is 2.18. The van der Waals surface area contributed by atoms with Gasteiger partial charge >= 0.3 is 0 Å². The van der Waals surface area contributed by atoms with Gasteiger partial charge in [-0.05, 0) is 26.0 Å². The van der Waals surface area contributed by atoms with Crippen LogP contribution in [-0.2, 0) is 4.79 Å². The standard InChI is InChI=1S/C16H13Cl2N3OS3/c1-8-6-24-16(19-8)25-9(2)14(22)21-15-20-13(7-23-15)10-3-4-11(17)12(18)5-10/h3-7,9H,1-2H3,(H,20,21,22)/t9-/m0/s1. The number of halogens is 2. The second kappa shape index (κ2) is 8.05. The van der Waals surface area contributed by atoms with Crippen molar-refractivity contribution in [2.24, 2.45) is 0 Å². The van der Waals surface area contributed by atoms with Crippen LogP contribution < -0.4 is 5.32 Å². The lowest BCUT2D eigenvalue weighted by molar-refractivity contribution is -0.115. The van der Waals surface area contributed by atoms with Crippen LogP contribution in [0.1, 0.15) is 12.6 Å². The third kappa shape index (κ3) is 4.74. The minimum atomic E-state index is -0.261. The number of aromatic nitrogens is 2. The molecule has 3 aromatic rings. The van der Waals surface area contributed by atoms with E-state index in [1.807, 2.05) is 30.7 Å². The number of thiazole rings is 2. The van der Waals surface area contributed by atoms with E-state index in [2.05, 4.69) is 15.3 Å². The summed E-state index contributed by atoms with van der Waals surface area (Å²) < 4.78 is 0.885. The zero-order valence-electron chi connectivity index (χ0n) is 13.2. The van der Waals surface area contributed by atoms with Gasteiger partial charge in [0.25, 0.3) is 0 Å². The summed E-state index contributed by atoms with van der Waals surface area (Å²) in [5, 5.41) is 7.95. The quantitative estimate of drug-likeness (QED) is 0.505. The number of nitrogens with one attached hydrogen (secondary N) is 1. The number of rotatable bonds is 5. The number of aryl methyl sites for hydroxylation is 1. The first-order valence-corrected chi connectivity index (χ1v) is 10.6. The van der Waals surface area contributed by atoms with Gasteiger partial charge in [-0.3, -0.25) is 4.79 Å². The van der Waals surface area contributed by atoms with Gasteiger partial charge < -0.3 is 5.32 Å². The number of carbonyl (C=O) groups is 1. The molecule has 1 N–H and O–H groups in total. The summed E-state index contributed by atoms with van der Waals surface area (Å²) in [6.45, 7) is 3.79.